The van der Waals surface area contributed by atoms with Gasteiger partial charge in [-0.3, -0.25) is 10.1 Å². The van der Waals surface area contributed by atoms with Crippen molar-refractivity contribution in [2.75, 3.05) is 13.7 Å². The van der Waals surface area contributed by atoms with E-state index in [1.54, 1.807) is 24.3 Å². The van der Waals surface area contributed by atoms with E-state index in [4.69, 9.17) is 9.47 Å². The highest BCUT2D eigenvalue weighted by Gasteiger charge is 2.11. The Labute approximate surface area is 144 Å². The van der Waals surface area contributed by atoms with E-state index in [0.29, 0.717) is 12.2 Å². The van der Waals surface area contributed by atoms with Crippen LogP contribution in [0.4, 0.5) is 4.79 Å². The maximum Gasteiger partial charge on any atom is 0.338 e. The van der Waals surface area contributed by atoms with Crippen LogP contribution in [0, 0.1) is 0 Å². The van der Waals surface area contributed by atoms with Crippen molar-refractivity contribution in [2.45, 2.75) is 6.61 Å². The normalized spacial score (nSPS) is 9.80. The average Bonchev–Trinajstić information content (AvgIpc) is 2.65. The van der Waals surface area contributed by atoms with Crippen LogP contribution in [0.1, 0.15) is 15.9 Å². The van der Waals surface area contributed by atoms with Gasteiger partial charge in [0.2, 0.25) is 0 Å². The highest BCUT2D eigenvalue weighted by molar-refractivity contribution is 5.96. The summed E-state index contributed by atoms with van der Waals surface area (Å²) < 4.78 is 10.5. The first kappa shape index (κ1) is 18.0. The maximum atomic E-state index is 11.9. The smallest absolute Gasteiger partial charge is 0.338 e. The lowest BCUT2D eigenvalue weighted by molar-refractivity contribution is -0.123. The van der Waals surface area contributed by atoms with Gasteiger partial charge in [0.15, 0.2) is 6.61 Å². The van der Waals surface area contributed by atoms with Gasteiger partial charge in [-0.2, -0.15) is 0 Å². The summed E-state index contributed by atoms with van der Waals surface area (Å²) in [7, 11) is 1.37. The third-order valence-corrected chi connectivity index (χ3v) is 3.15. The molecule has 130 valence electrons. The summed E-state index contributed by atoms with van der Waals surface area (Å²) in [5.41, 5.74) is 1.19. The van der Waals surface area contributed by atoms with Crippen LogP contribution in [-0.2, 0) is 16.1 Å². The van der Waals surface area contributed by atoms with E-state index < -0.39 is 24.5 Å². The van der Waals surface area contributed by atoms with E-state index >= 15 is 0 Å². The van der Waals surface area contributed by atoms with Crippen molar-refractivity contribution in [1.29, 1.82) is 0 Å². The Bertz CT molecular complexity index is 729. The maximum absolute atomic E-state index is 11.9. The van der Waals surface area contributed by atoms with Crippen molar-refractivity contribution in [3.8, 4) is 5.75 Å². The fraction of sp³-hybridized carbons (Fsp3) is 0.167. The zero-order valence-corrected chi connectivity index (χ0v) is 13.7. The summed E-state index contributed by atoms with van der Waals surface area (Å²) >= 11 is 0. The standard InChI is InChI=1S/C18H18N2O5/c1-19-18(23)20-16(21)12-25-17(22)14-9-7-13(8-10-14)11-24-15-5-3-2-4-6-15/h2-10H,11-12H2,1H3,(H2,19,20,21,23). The molecule has 0 fully saturated rings. The lowest BCUT2D eigenvalue weighted by atomic mass is 10.1. The van der Waals surface area contributed by atoms with E-state index in [1.165, 1.54) is 7.05 Å². The van der Waals surface area contributed by atoms with Gasteiger partial charge in [-0.05, 0) is 29.8 Å². The van der Waals surface area contributed by atoms with E-state index in [1.807, 2.05) is 35.6 Å². The second-order valence-corrected chi connectivity index (χ2v) is 5.00. The average molecular weight is 342 g/mol. The van der Waals surface area contributed by atoms with E-state index in [9.17, 15) is 14.4 Å². The molecule has 0 aromatic heterocycles. The minimum Gasteiger partial charge on any atom is -0.489 e. The van der Waals surface area contributed by atoms with Gasteiger partial charge in [0.25, 0.3) is 5.91 Å². The Morgan fingerprint density at radius 1 is 0.960 bits per heavy atom. The van der Waals surface area contributed by atoms with E-state index in [2.05, 4.69) is 5.32 Å². The fourth-order valence-corrected chi connectivity index (χ4v) is 1.86. The molecule has 2 N–H and O–H groups in total. The number of hydrogen-bond acceptors (Lipinski definition) is 5. The third kappa shape index (κ3) is 5.98. The number of rotatable bonds is 6. The van der Waals surface area contributed by atoms with Crippen molar-refractivity contribution < 1.29 is 23.9 Å². The minimum absolute atomic E-state index is 0.302. The highest BCUT2D eigenvalue weighted by Crippen LogP contribution is 2.12. The molecule has 0 aliphatic heterocycles. The van der Waals surface area contributed by atoms with Gasteiger partial charge in [0, 0.05) is 7.05 Å². The van der Waals surface area contributed by atoms with Crippen LogP contribution in [0.5, 0.6) is 5.75 Å². The van der Waals surface area contributed by atoms with Crippen LogP contribution in [0.2, 0.25) is 0 Å². The Balaban J connectivity index is 1.81. The molecule has 25 heavy (non-hydrogen) atoms. The molecule has 0 aliphatic carbocycles. The number of urea groups is 1. The molecule has 7 heteroatoms. The fourth-order valence-electron chi connectivity index (χ4n) is 1.86. The molecular formula is C18H18N2O5. The number of benzene rings is 2. The summed E-state index contributed by atoms with van der Waals surface area (Å²) in [6, 6.07) is 15.4. The quantitative estimate of drug-likeness (QED) is 0.782. The summed E-state index contributed by atoms with van der Waals surface area (Å²) in [5, 5.41) is 4.22. The molecule has 2 aromatic rings. The molecule has 7 nitrogen and oxygen atoms in total. The van der Waals surface area contributed by atoms with Crippen molar-refractivity contribution in [3.63, 3.8) is 0 Å². The predicted molar refractivity (Wildman–Crippen MR) is 90.1 cm³/mol. The number of ether oxygens (including phenoxy) is 2. The SMILES string of the molecule is CNC(=O)NC(=O)COC(=O)c1ccc(COc2ccccc2)cc1. The van der Waals surface area contributed by atoms with Gasteiger partial charge in [0.05, 0.1) is 5.56 Å². The van der Waals surface area contributed by atoms with Crippen molar-refractivity contribution in [3.05, 3.63) is 65.7 Å². The van der Waals surface area contributed by atoms with Crippen molar-refractivity contribution in [2.24, 2.45) is 0 Å². The number of carbonyl (C=O) groups is 3. The summed E-state index contributed by atoms with van der Waals surface area (Å²) in [6.45, 7) is -0.168. The predicted octanol–water partition coefficient (Wildman–Crippen LogP) is 1.88. The topological polar surface area (TPSA) is 93.7 Å². The van der Waals surface area contributed by atoms with Crippen LogP contribution >= 0.6 is 0 Å². The molecule has 2 aromatic carbocycles. The third-order valence-electron chi connectivity index (χ3n) is 3.15. The number of amides is 3. The van der Waals surface area contributed by atoms with E-state index in [-0.39, 0.29) is 0 Å². The molecule has 0 aliphatic rings. The summed E-state index contributed by atoms with van der Waals surface area (Å²) in [6.07, 6.45) is 0. The first-order chi connectivity index (χ1) is 12.1. The molecule has 0 bridgehead atoms. The molecule has 0 atom stereocenters. The van der Waals surface area contributed by atoms with Crippen LogP contribution in [0.25, 0.3) is 0 Å². The highest BCUT2D eigenvalue weighted by atomic mass is 16.5. The Kier molecular flexibility index (Phi) is 6.53. The first-order valence-electron chi connectivity index (χ1n) is 7.54. The largest absolute Gasteiger partial charge is 0.489 e. The molecule has 0 radical (unpaired) electrons. The van der Waals surface area contributed by atoms with Crippen LogP contribution < -0.4 is 15.4 Å². The van der Waals surface area contributed by atoms with Gasteiger partial charge < -0.3 is 14.8 Å². The van der Waals surface area contributed by atoms with Crippen LogP contribution in [0.15, 0.2) is 54.6 Å². The first-order valence-corrected chi connectivity index (χ1v) is 7.54. The Hall–Kier alpha value is -3.35. The van der Waals surface area contributed by atoms with Gasteiger partial charge >= 0.3 is 12.0 Å². The van der Waals surface area contributed by atoms with Crippen molar-refractivity contribution >= 4 is 17.9 Å². The van der Waals surface area contributed by atoms with Gasteiger partial charge in [-0.25, -0.2) is 9.59 Å². The Morgan fingerprint density at radius 2 is 1.64 bits per heavy atom. The molecule has 0 saturated carbocycles. The monoisotopic (exact) mass is 342 g/mol. The number of nitrogens with one attached hydrogen (secondary N) is 2. The molecule has 3 amide bonds. The van der Waals surface area contributed by atoms with Gasteiger partial charge in [-0.15, -0.1) is 0 Å². The molecule has 0 heterocycles. The second kappa shape index (κ2) is 9.07. The van der Waals surface area contributed by atoms with Gasteiger partial charge in [-0.1, -0.05) is 30.3 Å². The number of imide groups is 1. The van der Waals surface area contributed by atoms with E-state index in [0.717, 1.165) is 11.3 Å². The molecule has 2 rings (SSSR count). The second-order valence-electron chi connectivity index (χ2n) is 5.00. The molecule has 0 spiro atoms. The van der Waals surface area contributed by atoms with Crippen LogP contribution in [-0.4, -0.2) is 31.6 Å². The Morgan fingerprint density at radius 3 is 2.28 bits per heavy atom. The number of esters is 1. The zero-order chi connectivity index (χ0) is 18.1. The van der Waals surface area contributed by atoms with Gasteiger partial charge in [0.1, 0.15) is 12.4 Å². The number of carbonyl (C=O) groups excluding carboxylic acids is 3. The lowest BCUT2D eigenvalue weighted by Gasteiger charge is -2.08. The molecule has 0 unspecified atom stereocenters. The molecule has 0 saturated heterocycles. The zero-order valence-electron chi connectivity index (χ0n) is 13.7. The van der Waals surface area contributed by atoms with Crippen LogP contribution in [0.3, 0.4) is 0 Å². The van der Waals surface area contributed by atoms with Crippen molar-refractivity contribution in [1.82, 2.24) is 10.6 Å². The number of hydrogen-bond donors (Lipinski definition) is 2. The minimum atomic E-state index is -0.708. The lowest BCUT2D eigenvalue weighted by Crippen LogP contribution is -2.39. The number of para-hydroxylation sites is 1. The summed E-state index contributed by atoms with van der Waals surface area (Å²) in [4.78, 5) is 34.2. The summed E-state index contributed by atoms with van der Waals surface area (Å²) in [5.74, 6) is -0.601. The molecular weight excluding hydrogens is 324 g/mol.